The monoisotopic (exact) mass is 470 g/mol. The van der Waals surface area contributed by atoms with Crippen LogP contribution in [0.2, 0.25) is 0 Å². The Morgan fingerprint density at radius 2 is 1.66 bits per heavy atom. The minimum absolute atomic E-state index is 0.251. The molecule has 1 aromatic heterocycles. The van der Waals surface area contributed by atoms with Gasteiger partial charge in [-0.25, -0.2) is 0 Å². The Morgan fingerprint density at radius 1 is 0.971 bits per heavy atom. The van der Waals surface area contributed by atoms with Crippen LogP contribution in [-0.2, 0) is 22.8 Å². The first kappa shape index (κ1) is 23.8. The van der Waals surface area contributed by atoms with Gasteiger partial charge in [-0.1, -0.05) is 90.0 Å². The molecule has 7 nitrogen and oxygen atoms in total. The molecule has 0 saturated heterocycles. The van der Waals surface area contributed by atoms with E-state index in [9.17, 15) is 9.90 Å². The first-order valence-corrected chi connectivity index (χ1v) is 11.3. The number of rotatable bonds is 11. The molecule has 35 heavy (non-hydrogen) atoms. The smallest absolute Gasteiger partial charge is 0.306 e. The van der Waals surface area contributed by atoms with E-state index in [1.54, 1.807) is 6.92 Å². The lowest BCUT2D eigenvalue weighted by molar-refractivity contribution is -0.140. The van der Waals surface area contributed by atoms with E-state index in [2.05, 4.69) is 10.3 Å². The number of ether oxygens (including phenoxy) is 1. The van der Waals surface area contributed by atoms with Gasteiger partial charge in [0.15, 0.2) is 5.76 Å². The maximum atomic E-state index is 11.3. The van der Waals surface area contributed by atoms with Gasteiger partial charge in [-0.05, 0) is 23.3 Å². The van der Waals surface area contributed by atoms with Gasteiger partial charge in [0.05, 0.1) is 11.6 Å². The molecule has 1 N–H and O–H groups in total. The summed E-state index contributed by atoms with van der Waals surface area (Å²) in [6.45, 7) is 2.17. The van der Waals surface area contributed by atoms with Crippen molar-refractivity contribution >= 4 is 11.7 Å². The zero-order valence-electron chi connectivity index (χ0n) is 19.3. The van der Waals surface area contributed by atoms with Crippen LogP contribution in [0.4, 0.5) is 0 Å². The second-order valence-corrected chi connectivity index (χ2v) is 8.10. The van der Waals surface area contributed by atoms with E-state index in [4.69, 9.17) is 14.1 Å². The lowest BCUT2D eigenvalue weighted by atomic mass is 9.99. The number of carboxylic acid groups (broad SMARTS) is 1. The molecule has 178 valence electrons. The van der Waals surface area contributed by atoms with Crippen LogP contribution >= 0.6 is 0 Å². The van der Waals surface area contributed by atoms with Crippen LogP contribution in [0.15, 0.2) is 101 Å². The molecule has 1 atom stereocenters. The number of hydrogen-bond donors (Lipinski definition) is 1. The fraction of sp³-hybridized carbons (Fsp3) is 0.179. The molecule has 0 saturated carbocycles. The molecule has 0 radical (unpaired) electrons. The van der Waals surface area contributed by atoms with Crippen molar-refractivity contribution < 1.29 is 24.0 Å². The van der Waals surface area contributed by atoms with Gasteiger partial charge in [-0.2, -0.15) is 0 Å². The molecule has 0 bridgehead atoms. The number of carboxylic acids is 1. The predicted octanol–water partition coefficient (Wildman–Crippen LogP) is 5.95. The lowest BCUT2D eigenvalue weighted by Crippen LogP contribution is -2.15. The molecule has 0 aliphatic carbocycles. The normalized spacial score (nSPS) is 12.2. The minimum Gasteiger partial charge on any atom is -0.486 e. The number of nitrogens with zero attached hydrogens (tertiary/aromatic N) is 2. The van der Waals surface area contributed by atoms with E-state index in [-0.39, 0.29) is 19.6 Å². The highest BCUT2D eigenvalue weighted by Gasteiger charge is 2.16. The Balaban J connectivity index is 1.32. The maximum Gasteiger partial charge on any atom is 0.306 e. The maximum absolute atomic E-state index is 11.3. The van der Waals surface area contributed by atoms with Crippen molar-refractivity contribution in [2.75, 3.05) is 0 Å². The zero-order chi connectivity index (χ0) is 24.5. The van der Waals surface area contributed by atoms with Gasteiger partial charge >= 0.3 is 5.97 Å². The van der Waals surface area contributed by atoms with Gasteiger partial charge < -0.3 is 19.2 Å². The van der Waals surface area contributed by atoms with Crippen LogP contribution in [0.1, 0.15) is 30.2 Å². The fourth-order valence-electron chi connectivity index (χ4n) is 3.36. The number of carbonyl (C=O) groups is 1. The van der Waals surface area contributed by atoms with Crippen LogP contribution < -0.4 is 4.74 Å². The van der Waals surface area contributed by atoms with Gasteiger partial charge in [0.2, 0.25) is 0 Å². The van der Waals surface area contributed by atoms with E-state index in [0.29, 0.717) is 17.2 Å². The van der Waals surface area contributed by atoms with E-state index in [1.165, 1.54) is 0 Å². The summed E-state index contributed by atoms with van der Waals surface area (Å²) in [7, 11) is 0. The quantitative estimate of drug-likeness (QED) is 0.215. The minimum atomic E-state index is -0.870. The molecule has 3 aromatic carbocycles. The highest BCUT2D eigenvalue weighted by atomic mass is 16.6. The van der Waals surface area contributed by atoms with E-state index < -0.39 is 11.9 Å². The second-order valence-electron chi connectivity index (χ2n) is 8.10. The van der Waals surface area contributed by atoms with Crippen LogP contribution in [0.25, 0.3) is 11.3 Å². The third-order valence-corrected chi connectivity index (χ3v) is 5.37. The van der Waals surface area contributed by atoms with Gasteiger partial charge in [0, 0.05) is 18.1 Å². The largest absolute Gasteiger partial charge is 0.486 e. The molecule has 1 heterocycles. The third kappa shape index (κ3) is 6.80. The van der Waals surface area contributed by atoms with Crippen LogP contribution in [-0.4, -0.2) is 21.9 Å². The average Bonchev–Trinajstić information content (AvgIpc) is 3.38. The van der Waals surface area contributed by atoms with Crippen molar-refractivity contribution in [3.63, 3.8) is 0 Å². The Hall–Kier alpha value is -4.39. The standard InChI is InChI=1S/C28H26N2O5/c1-20(28(31)32)16-26(22-8-4-2-5-9-22)29-34-18-21-12-14-24(15-13-21)33-19-25-17-27(30-35-25)23-10-6-3-7-11-23/h2-15,17,20H,16,18-19H2,1H3,(H,31,32). The van der Waals surface area contributed by atoms with Gasteiger partial charge in [0.25, 0.3) is 0 Å². The second kappa shape index (κ2) is 11.7. The average molecular weight is 471 g/mol. The molecule has 0 fully saturated rings. The summed E-state index contributed by atoms with van der Waals surface area (Å²) in [4.78, 5) is 16.8. The van der Waals surface area contributed by atoms with Crippen molar-refractivity contribution in [3.05, 3.63) is 108 Å². The molecule has 0 spiro atoms. The highest BCUT2D eigenvalue weighted by molar-refractivity contribution is 6.01. The predicted molar refractivity (Wildman–Crippen MR) is 132 cm³/mol. The Kier molecular flexibility index (Phi) is 7.91. The molecule has 7 heteroatoms. The van der Waals surface area contributed by atoms with E-state index in [1.807, 2.05) is 91.0 Å². The lowest BCUT2D eigenvalue weighted by Gasteiger charge is -2.10. The third-order valence-electron chi connectivity index (χ3n) is 5.37. The summed E-state index contributed by atoms with van der Waals surface area (Å²) in [5.74, 6) is -0.113. The van der Waals surface area contributed by atoms with Crippen molar-refractivity contribution in [1.29, 1.82) is 0 Å². The fourth-order valence-corrected chi connectivity index (χ4v) is 3.36. The van der Waals surface area contributed by atoms with E-state index >= 15 is 0 Å². The summed E-state index contributed by atoms with van der Waals surface area (Å²) in [5.41, 5.74) is 4.10. The summed E-state index contributed by atoms with van der Waals surface area (Å²) < 4.78 is 11.2. The van der Waals surface area contributed by atoms with Crippen molar-refractivity contribution in [1.82, 2.24) is 5.16 Å². The molecule has 0 aliphatic heterocycles. The molecule has 1 unspecified atom stereocenters. The highest BCUT2D eigenvalue weighted by Crippen LogP contribution is 2.20. The number of hydrogen-bond acceptors (Lipinski definition) is 6. The van der Waals surface area contributed by atoms with Crippen molar-refractivity contribution in [3.8, 4) is 17.0 Å². The van der Waals surface area contributed by atoms with Crippen molar-refractivity contribution in [2.45, 2.75) is 26.6 Å². The molecular formula is C28H26N2O5. The molecule has 0 amide bonds. The van der Waals surface area contributed by atoms with Gasteiger partial charge in [-0.3, -0.25) is 4.79 Å². The van der Waals surface area contributed by atoms with Gasteiger partial charge in [-0.15, -0.1) is 0 Å². The van der Waals surface area contributed by atoms with Gasteiger partial charge in [0.1, 0.15) is 24.7 Å². The molecule has 0 aliphatic rings. The zero-order valence-corrected chi connectivity index (χ0v) is 19.3. The number of aromatic nitrogens is 1. The Morgan fingerprint density at radius 3 is 2.34 bits per heavy atom. The molecule has 4 aromatic rings. The summed E-state index contributed by atoms with van der Waals surface area (Å²) in [5, 5.41) is 17.6. The SMILES string of the molecule is CC(CC(=NOCc1ccc(OCc2cc(-c3ccccc3)no2)cc1)c1ccccc1)C(=O)O. The summed E-state index contributed by atoms with van der Waals surface area (Å²) in [6.07, 6.45) is 0.278. The van der Waals surface area contributed by atoms with Crippen LogP contribution in [0.3, 0.4) is 0 Å². The number of oxime groups is 1. The Bertz CT molecular complexity index is 1250. The number of benzene rings is 3. The molecule has 4 rings (SSSR count). The van der Waals surface area contributed by atoms with Crippen LogP contribution in [0.5, 0.6) is 5.75 Å². The van der Waals surface area contributed by atoms with Crippen molar-refractivity contribution in [2.24, 2.45) is 11.1 Å². The summed E-state index contributed by atoms with van der Waals surface area (Å²) >= 11 is 0. The first-order chi connectivity index (χ1) is 17.1. The number of aliphatic carboxylic acids is 1. The van der Waals surface area contributed by atoms with E-state index in [0.717, 1.165) is 22.4 Å². The molecular weight excluding hydrogens is 444 g/mol. The Labute approximate surface area is 203 Å². The topological polar surface area (TPSA) is 94.2 Å². The summed E-state index contributed by atoms with van der Waals surface area (Å²) in [6, 6.07) is 28.6. The van der Waals surface area contributed by atoms with Crippen LogP contribution in [0, 0.1) is 5.92 Å². The first-order valence-electron chi connectivity index (χ1n) is 11.3.